The van der Waals surface area contributed by atoms with E-state index in [1.54, 1.807) is 0 Å². The SMILES string of the molecule is Cc1ccc(/C(F)=C/C(c2cc(F)c(F)c(Cl)c2)C(F)(F)F)cc1C(F)(F)F. The van der Waals surface area contributed by atoms with Crippen LogP contribution in [0.4, 0.5) is 39.5 Å². The van der Waals surface area contributed by atoms with Gasteiger partial charge >= 0.3 is 12.4 Å². The van der Waals surface area contributed by atoms with Gasteiger partial charge in [0.25, 0.3) is 0 Å². The van der Waals surface area contributed by atoms with Crippen LogP contribution in [-0.4, -0.2) is 6.18 Å². The van der Waals surface area contributed by atoms with E-state index in [0.29, 0.717) is 12.1 Å². The van der Waals surface area contributed by atoms with E-state index in [1.807, 2.05) is 0 Å². The summed E-state index contributed by atoms with van der Waals surface area (Å²) in [5.41, 5.74) is -3.12. The fraction of sp³-hybridized carbons (Fsp3) is 0.222. The van der Waals surface area contributed by atoms with Gasteiger partial charge in [-0.25, -0.2) is 13.2 Å². The highest BCUT2D eigenvalue weighted by Gasteiger charge is 2.41. The van der Waals surface area contributed by atoms with Crippen molar-refractivity contribution in [1.29, 1.82) is 0 Å². The summed E-state index contributed by atoms with van der Waals surface area (Å²) in [7, 11) is 0. The number of aryl methyl sites for hydroxylation is 1. The number of rotatable bonds is 3. The van der Waals surface area contributed by atoms with E-state index in [9.17, 15) is 39.5 Å². The minimum absolute atomic E-state index is 0.0200. The molecule has 0 amide bonds. The molecule has 10 heteroatoms. The predicted molar refractivity (Wildman–Crippen MR) is 85.4 cm³/mol. The summed E-state index contributed by atoms with van der Waals surface area (Å²) < 4.78 is 120. The zero-order valence-electron chi connectivity index (χ0n) is 13.8. The number of hydrogen-bond acceptors (Lipinski definition) is 0. The molecule has 0 saturated carbocycles. The van der Waals surface area contributed by atoms with Crippen LogP contribution in [0.5, 0.6) is 0 Å². The Morgan fingerprint density at radius 3 is 2.11 bits per heavy atom. The van der Waals surface area contributed by atoms with E-state index in [-0.39, 0.29) is 17.7 Å². The third-order valence-corrected chi connectivity index (χ3v) is 4.12. The maximum atomic E-state index is 14.4. The number of halogens is 10. The first-order valence-corrected chi connectivity index (χ1v) is 7.86. The number of allylic oxidation sites excluding steroid dienone is 1. The molecule has 152 valence electrons. The summed E-state index contributed by atoms with van der Waals surface area (Å²) in [6, 6.07) is 2.81. The number of benzene rings is 2. The molecule has 0 spiro atoms. The maximum absolute atomic E-state index is 14.4. The van der Waals surface area contributed by atoms with E-state index >= 15 is 0 Å². The molecular formula is C18H10ClF9. The Morgan fingerprint density at radius 1 is 1.00 bits per heavy atom. The lowest BCUT2D eigenvalue weighted by Crippen LogP contribution is -2.19. The molecule has 28 heavy (non-hydrogen) atoms. The second-order valence-electron chi connectivity index (χ2n) is 5.86. The van der Waals surface area contributed by atoms with Crippen LogP contribution in [0.3, 0.4) is 0 Å². The topological polar surface area (TPSA) is 0 Å². The molecule has 0 aliphatic carbocycles. The van der Waals surface area contributed by atoms with Crippen LogP contribution in [0.25, 0.3) is 5.83 Å². The molecule has 0 fully saturated rings. The fourth-order valence-electron chi connectivity index (χ4n) is 2.45. The summed E-state index contributed by atoms with van der Waals surface area (Å²) in [6.07, 6.45) is -10.0. The number of hydrogen-bond donors (Lipinski definition) is 0. The van der Waals surface area contributed by atoms with Gasteiger partial charge in [-0.3, -0.25) is 0 Å². The van der Waals surface area contributed by atoms with Gasteiger partial charge in [-0.2, -0.15) is 26.3 Å². The van der Waals surface area contributed by atoms with Gasteiger partial charge in [-0.1, -0.05) is 23.7 Å². The Hall–Kier alpha value is -2.16. The van der Waals surface area contributed by atoms with Gasteiger partial charge in [0, 0.05) is 5.56 Å². The normalized spacial score (nSPS) is 14.3. The molecule has 1 unspecified atom stereocenters. The lowest BCUT2D eigenvalue weighted by atomic mass is 9.95. The van der Waals surface area contributed by atoms with Gasteiger partial charge in [-0.05, 0) is 42.3 Å². The average molecular weight is 433 g/mol. The maximum Gasteiger partial charge on any atom is 0.416 e. The highest BCUT2D eigenvalue weighted by Crippen LogP contribution is 2.40. The Morgan fingerprint density at radius 2 is 1.61 bits per heavy atom. The highest BCUT2D eigenvalue weighted by atomic mass is 35.5. The van der Waals surface area contributed by atoms with E-state index in [4.69, 9.17) is 11.6 Å². The third-order valence-electron chi connectivity index (χ3n) is 3.85. The zero-order valence-corrected chi connectivity index (χ0v) is 14.6. The Labute approximate surface area is 158 Å². The van der Waals surface area contributed by atoms with Gasteiger partial charge in [-0.15, -0.1) is 0 Å². The highest BCUT2D eigenvalue weighted by molar-refractivity contribution is 6.30. The summed E-state index contributed by atoms with van der Waals surface area (Å²) in [6.45, 7) is 1.11. The van der Waals surface area contributed by atoms with E-state index < -0.39 is 57.4 Å². The van der Waals surface area contributed by atoms with Crippen LogP contribution >= 0.6 is 11.6 Å². The van der Waals surface area contributed by atoms with Crippen molar-refractivity contribution < 1.29 is 39.5 Å². The summed E-state index contributed by atoms with van der Waals surface area (Å²) in [5, 5.41) is -0.951. The van der Waals surface area contributed by atoms with E-state index in [0.717, 1.165) is 19.1 Å². The largest absolute Gasteiger partial charge is 0.416 e. The van der Waals surface area contributed by atoms with Crippen molar-refractivity contribution in [2.45, 2.75) is 25.2 Å². The zero-order chi connectivity index (χ0) is 21.4. The Balaban J connectivity index is 2.57. The summed E-state index contributed by atoms with van der Waals surface area (Å²) >= 11 is 5.33. The van der Waals surface area contributed by atoms with E-state index in [2.05, 4.69) is 0 Å². The van der Waals surface area contributed by atoms with Gasteiger partial charge in [0.1, 0.15) is 11.7 Å². The fourth-order valence-corrected chi connectivity index (χ4v) is 2.67. The van der Waals surface area contributed by atoms with Crippen molar-refractivity contribution in [3.05, 3.63) is 75.3 Å². The van der Waals surface area contributed by atoms with Crippen LogP contribution in [0.2, 0.25) is 5.02 Å². The summed E-state index contributed by atoms with van der Waals surface area (Å²) in [4.78, 5) is 0. The second-order valence-corrected chi connectivity index (χ2v) is 6.27. The van der Waals surface area contributed by atoms with E-state index in [1.165, 1.54) is 0 Å². The first-order chi connectivity index (χ1) is 12.7. The molecule has 0 heterocycles. The lowest BCUT2D eigenvalue weighted by Gasteiger charge is -2.19. The van der Waals surface area contributed by atoms with Gasteiger partial charge in [0.05, 0.1) is 10.6 Å². The molecule has 0 aromatic heterocycles. The Bertz CT molecular complexity index is 887. The molecule has 2 aromatic rings. The van der Waals surface area contributed by atoms with Crippen LogP contribution in [0, 0.1) is 18.6 Å². The number of alkyl halides is 6. The lowest BCUT2D eigenvalue weighted by molar-refractivity contribution is -0.140. The molecule has 0 bridgehead atoms. The van der Waals surface area contributed by atoms with Crippen molar-refractivity contribution in [2.24, 2.45) is 0 Å². The molecule has 0 saturated heterocycles. The standard InChI is InChI=1S/C18H10ClF9/c1-8-2-3-9(4-11(8)17(23,24)25)14(20)7-12(18(26,27)28)10-5-13(19)16(22)15(21)6-10/h2-7,12H,1H3/b14-7-. The Kier molecular flexibility index (Phi) is 6.08. The molecule has 1 atom stereocenters. The van der Waals surface area contributed by atoms with Crippen LogP contribution in [-0.2, 0) is 6.18 Å². The predicted octanol–water partition coefficient (Wildman–Crippen LogP) is 7.60. The van der Waals surface area contributed by atoms with Crippen LogP contribution < -0.4 is 0 Å². The molecule has 0 radical (unpaired) electrons. The first kappa shape index (κ1) is 22.1. The monoisotopic (exact) mass is 432 g/mol. The molecule has 2 aromatic carbocycles. The van der Waals surface area contributed by atoms with Crippen LogP contribution in [0.1, 0.15) is 28.2 Å². The molecule has 0 nitrogen and oxygen atoms in total. The average Bonchev–Trinajstić information content (AvgIpc) is 2.55. The minimum Gasteiger partial charge on any atom is -0.207 e. The van der Waals surface area contributed by atoms with Gasteiger partial charge in [0.2, 0.25) is 0 Å². The molecule has 2 rings (SSSR count). The third kappa shape index (κ3) is 4.81. The van der Waals surface area contributed by atoms with Crippen molar-refractivity contribution in [2.75, 3.05) is 0 Å². The van der Waals surface area contributed by atoms with Crippen LogP contribution in [0.15, 0.2) is 36.4 Å². The molecule has 0 aliphatic heterocycles. The second kappa shape index (κ2) is 7.69. The van der Waals surface area contributed by atoms with Crippen molar-refractivity contribution in [3.8, 4) is 0 Å². The van der Waals surface area contributed by atoms with Crippen molar-refractivity contribution in [3.63, 3.8) is 0 Å². The minimum atomic E-state index is -5.15. The summed E-state index contributed by atoms with van der Waals surface area (Å²) in [5.74, 6) is -7.64. The van der Waals surface area contributed by atoms with Crippen molar-refractivity contribution in [1.82, 2.24) is 0 Å². The van der Waals surface area contributed by atoms with Gasteiger partial charge < -0.3 is 0 Å². The van der Waals surface area contributed by atoms with Crippen molar-refractivity contribution >= 4 is 17.4 Å². The quantitative estimate of drug-likeness (QED) is 0.346. The first-order valence-electron chi connectivity index (χ1n) is 7.48. The smallest absolute Gasteiger partial charge is 0.207 e. The van der Waals surface area contributed by atoms with Gasteiger partial charge in [0.15, 0.2) is 11.6 Å². The molecular weight excluding hydrogens is 423 g/mol. The molecule has 0 N–H and O–H groups in total. The molecule has 0 aliphatic rings.